The van der Waals surface area contributed by atoms with Crippen molar-refractivity contribution in [3.05, 3.63) is 29.8 Å². The highest BCUT2D eigenvalue weighted by atomic mass is 16.7. The smallest absolute Gasteiger partial charge is 0.493 e. The molecule has 0 bridgehead atoms. The second-order valence-corrected chi connectivity index (χ2v) is 3.28. The Morgan fingerprint density at radius 1 is 1.17 bits per heavy atom. The van der Waals surface area contributed by atoms with Gasteiger partial charge in [-0.15, -0.1) is 0 Å². The van der Waals surface area contributed by atoms with E-state index in [9.17, 15) is 4.79 Å². The molecule has 0 heterocycles. The van der Waals surface area contributed by atoms with Crippen LogP contribution in [0, 0.1) is 0 Å². The predicted octanol–water partition coefficient (Wildman–Crippen LogP) is 2.50. The number of hydrogen-bond donors (Lipinski definition) is 0. The van der Waals surface area contributed by atoms with Gasteiger partial charge in [0, 0.05) is 0 Å². The topological polar surface area (TPSA) is 54.0 Å². The predicted molar refractivity (Wildman–Crippen MR) is 66.9 cm³/mol. The fourth-order valence-corrected chi connectivity index (χ4v) is 1.32. The third-order valence-corrected chi connectivity index (χ3v) is 2.18. The standard InChI is InChI=1S/C13H16O5/c1-15-11-7-6-10(9-12(11)16-2)5-4-8-18-13(14)17-3/h4-7,9H,8H2,1-3H3. The van der Waals surface area contributed by atoms with Crippen molar-refractivity contribution in [1.29, 1.82) is 0 Å². The lowest BCUT2D eigenvalue weighted by Gasteiger charge is -2.07. The Kier molecular flexibility index (Phi) is 5.57. The van der Waals surface area contributed by atoms with E-state index in [0.717, 1.165) is 5.56 Å². The van der Waals surface area contributed by atoms with Crippen LogP contribution in [0.3, 0.4) is 0 Å². The summed E-state index contributed by atoms with van der Waals surface area (Å²) < 4.78 is 19.4. The number of ether oxygens (including phenoxy) is 4. The summed E-state index contributed by atoms with van der Waals surface area (Å²) in [6.45, 7) is 0.154. The van der Waals surface area contributed by atoms with Crippen LogP contribution in [0.15, 0.2) is 24.3 Å². The van der Waals surface area contributed by atoms with Gasteiger partial charge in [0.2, 0.25) is 0 Å². The summed E-state index contributed by atoms with van der Waals surface area (Å²) in [6, 6.07) is 5.50. The fraction of sp³-hybridized carbons (Fsp3) is 0.308. The minimum atomic E-state index is -0.702. The molecule has 0 aromatic heterocycles. The molecule has 1 aromatic rings. The molecule has 98 valence electrons. The average Bonchev–Trinajstić information content (AvgIpc) is 2.42. The first-order valence-corrected chi connectivity index (χ1v) is 5.30. The van der Waals surface area contributed by atoms with Gasteiger partial charge in [-0.25, -0.2) is 4.79 Å². The van der Waals surface area contributed by atoms with Crippen LogP contribution in [0.25, 0.3) is 6.08 Å². The van der Waals surface area contributed by atoms with Crippen LogP contribution in [0.5, 0.6) is 11.5 Å². The zero-order chi connectivity index (χ0) is 13.4. The van der Waals surface area contributed by atoms with Gasteiger partial charge in [0.05, 0.1) is 21.3 Å². The van der Waals surface area contributed by atoms with Crippen molar-refractivity contribution >= 4 is 12.2 Å². The van der Waals surface area contributed by atoms with Gasteiger partial charge in [-0.3, -0.25) is 0 Å². The molecule has 5 heteroatoms. The van der Waals surface area contributed by atoms with Crippen LogP contribution in [0.4, 0.5) is 4.79 Å². The maximum absolute atomic E-state index is 10.7. The van der Waals surface area contributed by atoms with Gasteiger partial charge in [0.25, 0.3) is 0 Å². The molecule has 0 saturated heterocycles. The minimum Gasteiger partial charge on any atom is -0.493 e. The summed E-state index contributed by atoms with van der Waals surface area (Å²) >= 11 is 0. The van der Waals surface area contributed by atoms with E-state index < -0.39 is 6.16 Å². The van der Waals surface area contributed by atoms with Crippen molar-refractivity contribution in [3.8, 4) is 11.5 Å². The van der Waals surface area contributed by atoms with E-state index in [0.29, 0.717) is 11.5 Å². The van der Waals surface area contributed by atoms with Crippen LogP contribution in [-0.4, -0.2) is 34.1 Å². The number of carbonyl (C=O) groups is 1. The summed E-state index contributed by atoms with van der Waals surface area (Å²) in [6.07, 6.45) is 2.82. The molecular weight excluding hydrogens is 236 g/mol. The Labute approximate surface area is 106 Å². The fourth-order valence-electron chi connectivity index (χ4n) is 1.32. The zero-order valence-corrected chi connectivity index (χ0v) is 10.6. The summed E-state index contributed by atoms with van der Waals surface area (Å²) in [7, 11) is 4.42. The van der Waals surface area contributed by atoms with E-state index in [1.165, 1.54) is 7.11 Å². The van der Waals surface area contributed by atoms with Crippen molar-refractivity contribution in [3.63, 3.8) is 0 Å². The van der Waals surface area contributed by atoms with E-state index in [4.69, 9.17) is 14.2 Å². The van der Waals surface area contributed by atoms with Crippen molar-refractivity contribution < 1.29 is 23.7 Å². The monoisotopic (exact) mass is 252 g/mol. The van der Waals surface area contributed by atoms with E-state index >= 15 is 0 Å². The lowest BCUT2D eigenvalue weighted by Crippen LogP contribution is -2.03. The first-order valence-electron chi connectivity index (χ1n) is 5.30. The van der Waals surface area contributed by atoms with Crippen LogP contribution in [0.2, 0.25) is 0 Å². The molecular formula is C13H16O5. The second kappa shape index (κ2) is 7.21. The first-order chi connectivity index (χ1) is 8.71. The van der Waals surface area contributed by atoms with Gasteiger partial charge < -0.3 is 18.9 Å². The molecule has 0 fully saturated rings. The van der Waals surface area contributed by atoms with Crippen LogP contribution < -0.4 is 9.47 Å². The summed E-state index contributed by atoms with van der Waals surface area (Å²) in [5.74, 6) is 1.31. The molecule has 0 radical (unpaired) electrons. The SMILES string of the molecule is COC(=O)OCC=Cc1ccc(OC)c(OC)c1. The largest absolute Gasteiger partial charge is 0.508 e. The maximum Gasteiger partial charge on any atom is 0.508 e. The van der Waals surface area contributed by atoms with E-state index in [-0.39, 0.29) is 6.61 Å². The third-order valence-electron chi connectivity index (χ3n) is 2.18. The Balaban J connectivity index is 2.62. The average molecular weight is 252 g/mol. The molecule has 18 heavy (non-hydrogen) atoms. The summed E-state index contributed by atoms with van der Waals surface area (Å²) in [4.78, 5) is 10.7. The second-order valence-electron chi connectivity index (χ2n) is 3.28. The molecule has 1 aromatic carbocycles. The number of rotatable bonds is 5. The van der Waals surface area contributed by atoms with Crippen LogP contribution >= 0.6 is 0 Å². The van der Waals surface area contributed by atoms with Crippen molar-refractivity contribution in [2.45, 2.75) is 0 Å². The van der Waals surface area contributed by atoms with Crippen molar-refractivity contribution in [2.75, 3.05) is 27.9 Å². The Hall–Kier alpha value is -2.17. The number of methoxy groups -OCH3 is 3. The molecule has 0 saturated carbocycles. The van der Waals surface area contributed by atoms with Gasteiger partial charge in [-0.05, 0) is 23.8 Å². The maximum atomic E-state index is 10.7. The molecule has 0 aliphatic heterocycles. The van der Waals surface area contributed by atoms with Gasteiger partial charge in [-0.2, -0.15) is 0 Å². The molecule has 5 nitrogen and oxygen atoms in total. The van der Waals surface area contributed by atoms with Crippen LogP contribution in [-0.2, 0) is 9.47 Å². The Bertz CT molecular complexity index is 425. The Morgan fingerprint density at radius 2 is 1.89 bits per heavy atom. The van der Waals surface area contributed by atoms with Crippen molar-refractivity contribution in [1.82, 2.24) is 0 Å². The highest BCUT2D eigenvalue weighted by Crippen LogP contribution is 2.27. The van der Waals surface area contributed by atoms with Gasteiger partial charge >= 0.3 is 6.16 Å². The van der Waals surface area contributed by atoms with E-state index in [1.54, 1.807) is 26.4 Å². The minimum absolute atomic E-state index is 0.154. The van der Waals surface area contributed by atoms with Gasteiger partial charge in [0.1, 0.15) is 6.61 Å². The lowest BCUT2D eigenvalue weighted by molar-refractivity contribution is 0.0819. The molecule has 1 rings (SSSR count). The first kappa shape index (κ1) is 13.9. The lowest BCUT2D eigenvalue weighted by atomic mass is 10.2. The van der Waals surface area contributed by atoms with Gasteiger partial charge in [-0.1, -0.05) is 12.1 Å². The molecule has 0 atom stereocenters. The number of benzene rings is 1. The molecule has 0 amide bonds. The highest BCUT2D eigenvalue weighted by molar-refractivity contribution is 5.60. The molecule has 0 N–H and O–H groups in total. The number of hydrogen-bond acceptors (Lipinski definition) is 5. The van der Waals surface area contributed by atoms with E-state index in [1.807, 2.05) is 18.2 Å². The molecule has 0 aliphatic carbocycles. The quantitative estimate of drug-likeness (QED) is 0.753. The zero-order valence-electron chi connectivity index (χ0n) is 10.6. The Morgan fingerprint density at radius 3 is 2.50 bits per heavy atom. The van der Waals surface area contributed by atoms with Crippen molar-refractivity contribution in [2.24, 2.45) is 0 Å². The molecule has 0 aliphatic rings. The summed E-state index contributed by atoms with van der Waals surface area (Å²) in [5, 5.41) is 0. The molecule has 0 spiro atoms. The highest BCUT2D eigenvalue weighted by Gasteiger charge is 2.02. The normalized spacial score (nSPS) is 10.2. The number of carbonyl (C=O) groups excluding carboxylic acids is 1. The molecule has 0 unspecified atom stereocenters. The summed E-state index contributed by atoms with van der Waals surface area (Å²) in [5.41, 5.74) is 0.918. The van der Waals surface area contributed by atoms with Crippen LogP contribution in [0.1, 0.15) is 5.56 Å². The van der Waals surface area contributed by atoms with Gasteiger partial charge in [0.15, 0.2) is 11.5 Å². The van der Waals surface area contributed by atoms with E-state index in [2.05, 4.69) is 4.74 Å². The third kappa shape index (κ3) is 4.01.